The van der Waals surface area contributed by atoms with Gasteiger partial charge in [0.1, 0.15) is 0 Å². The van der Waals surface area contributed by atoms with Crippen LogP contribution in [0.15, 0.2) is 40.3 Å². The molecule has 0 amide bonds. The summed E-state index contributed by atoms with van der Waals surface area (Å²) in [6.07, 6.45) is 2.33. The van der Waals surface area contributed by atoms with E-state index in [0.29, 0.717) is 34.8 Å². The summed E-state index contributed by atoms with van der Waals surface area (Å²) in [5.41, 5.74) is 3.09. The molecule has 0 aromatic heterocycles. The summed E-state index contributed by atoms with van der Waals surface area (Å²) >= 11 is 0. The molecule has 2 rings (SSSR count). The molecule has 0 aliphatic rings. The van der Waals surface area contributed by atoms with E-state index in [-0.39, 0.29) is 4.90 Å². The van der Waals surface area contributed by atoms with Crippen molar-refractivity contribution in [3.63, 3.8) is 0 Å². The lowest BCUT2D eigenvalue weighted by atomic mass is 10.1. The van der Waals surface area contributed by atoms with Crippen LogP contribution in [-0.4, -0.2) is 28.3 Å². The van der Waals surface area contributed by atoms with Gasteiger partial charge < -0.3 is 9.47 Å². The van der Waals surface area contributed by atoms with Crippen LogP contribution >= 0.6 is 0 Å². The number of sulfonamides is 1. The van der Waals surface area contributed by atoms with Crippen LogP contribution in [0.1, 0.15) is 35.6 Å². The van der Waals surface area contributed by atoms with Crippen molar-refractivity contribution >= 4 is 16.2 Å². The van der Waals surface area contributed by atoms with E-state index in [2.05, 4.69) is 9.93 Å². The molecule has 2 aromatic rings. The minimum atomic E-state index is -3.75. The average molecular weight is 391 g/mol. The third-order valence-electron chi connectivity index (χ3n) is 3.91. The van der Waals surface area contributed by atoms with Crippen molar-refractivity contribution in [2.75, 3.05) is 13.7 Å². The van der Waals surface area contributed by atoms with E-state index in [9.17, 15) is 8.42 Å². The van der Waals surface area contributed by atoms with Gasteiger partial charge in [-0.1, -0.05) is 24.6 Å². The van der Waals surface area contributed by atoms with E-state index >= 15 is 0 Å². The molecule has 0 heterocycles. The Kier molecular flexibility index (Phi) is 6.85. The predicted octanol–water partition coefficient (Wildman–Crippen LogP) is 3.72. The smallest absolute Gasteiger partial charge is 0.277 e. The summed E-state index contributed by atoms with van der Waals surface area (Å²) in [6.45, 7) is 8.11. The maximum absolute atomic E-state index is 12.6. The molecule has 7 heteroatoms. The van der Waals surface area contributed by atoms with Crippen LogP contribution in [-0.2, 0) is 10.0 Å². The van der Waals surface area contributed by atoms with Gasteiger partial charge in [0.05, 0.1) is 24.8 Å². The van der Waals surface area contributed by atoms with E-state index in [4.69, 9.17) is 9.47 Å². The monoisotopic (exact) mass is 390 g/mol. The Bertz CT molecular complexity index is 914. The second-order valence-corrected chi connectivity index (χ2v) is 7.94. The highest BCUT2D eigenvalue weighted by Crippen LogP contribution is 2.27. The van der Waals surface area contributed by atoms with Crippen molar-refractivity contribution in [1.82, 2.24) is 4.83 Å². The Morgan fingerprint density at radius 1 is 1.07 bits per heavy atom. The molecule has 0 bridgehead atoms. The first-order valence-electron chi connectivity index (χ1n) is 8.72. The molecule has 0 unspecified atom stereocenters. The summed E-state index contributed by atoms with van der Waals surface area (Å²) < 4.78 is 36.1. The predicted molar refractivity (Wildman–Crippen MR) is 107 cm³/mol. The molecule has 0 spiro atoms. The quantitative estimate of drug-likeness (QED) is 0.550. The number of rotatable bonds is 8. The van der Waals surface area contributed by atoms with E-state index in [0.717, 1.165) is 12.0 Å². The summed E-state index contributed by atoms with van der Waals surface area (Å²) in [7, 11) is -2.19. The number of methoxy groups -OCH3 is 1. The number of hydrogen-bond acceptors (Lipinski definition) is 5. The first kappa shape index (κ1) is 20.8. The first-order chi connectivity index (χ1) is 12.8. The summed E-state index contributed by atoms with van der Waals surface area (Å²) in [5.74, 6) is 1.21. The molecule has 146 valence electrons. The van der Waals surface area contributed by atoms with Crippen LogP contribution in [0.25, 0.3) is 0 Å². The summed E-state index contributed by atoms with van der Waals surface area (Å²) in [5, 5.41) is 3.90. The third-order valence-corrected chi connectivity index (χ3v) is 5.44. The molecule has 2 aromatic carbocycles. The highest BCUT2D eigenvalue weighted by Gasteiger charge is 2.19. The van der Waals surface area contributed by atoms with E-state index in [1.54, 1.807) is 39.2 Å². The highest BCUT2D eigenvalue weighted by atomic mass is 32.2. The minimum absolute atomic E-state index is 0.256. The molecule has 0 aliphatic carbocycles. The highest BCUT2D eigenvalue weighted by molar-refractivity contribution is 7.89. The average Bonchev–Trinajstić information content (AvgIpc) is 2.59. The molecule has 0 saturated carbocycles. The van der Waals surface area contributed by atoms with Gasteiger partial charge in [-0.05, 0) is 62.1 Å². The fourth-order valence-corrected chi connectivity index (χ4v) is 4.15. The van der Waals surface area contributed by atoms with E-state index in [1.807, 2.05) is 26.0 Å². The normalized spacial score (nSPS) is 11.6. The number of nitrogens with zero attached hydrogens (tertiary/aromatic N) is 1. The largest absolute Gasteiger partial charge is 0.493 e. The zero-order valence-electron chi connectivity index (χ0n) is 16.4. The maximum Gasteiger partial charge on any atom is 0.277 e. The second-order valence-electron chi connectivity index (χ2n) is 6.34. The van der Waals surface area contributed by atoms with Gasteiger partial charge in [0.15, 0.2) is 11.5 Å². The second kappa shape index (κ2) is 8.90. The van der Waals surface area contributed by atoms with Crippen molar-refractivity contribution in [2.24, 2.45) is 5.10 Å². The molecule has 1 N–H and O–H groups in total. The van der Waals surface area contributed by atoms with Gasteiger partial charge in [0.25, 0.3) is 10.0 Å². The molecular weight excluding hydrogens is 364 g/mol. The topological polar surface area (TPSA) is 77.0 Å². The van der Waals surface area contributed by atoms with Gasteiger partial charge in [-0.3, -0.25) is 0 Å². The molecule has 0 radical (unpaired) electrons. The van der Waals surface area contributed by atoms with Gasteiger partial charge in [-0.25, -0.2) is 4.83 Å². The minimum Gasteiger partial charge on any atom is -0.493 e. The standard InChI is InChI=1S/C20H26N2O4S/c1-6-9-26-18-8-7-17(12-19(18)25-5)13-21-22-27(23,24)20-15(3)10-14(2)11-16(20)4/h7-8,10-13,22H,6,9H2,1-5H3/b21-13+. The SMILES string of the molecule is CCCOc1ccc(/C=N/NS(=O)(=O)c2c(C)cc(C)cc2C)cc1OC. The molecule has 0 saturated heterocycles. The first-order valence-corrected chi connectivity index (χ1v) is 10.2. The fraction of sp³-hybridized carbons (Fsp3) is 0.350. The molecule has 0 fully saturated rings. The Balaban J connectivity index is 2.19. The zero-order chi connectivity index (χ0) is 20.0. The molecular formula is C20H26N2O4S. The Labute approximate surface area is 161 Å². The molecule has 27 heavy (non-hydrogen) atoms. The maximum atomic E-state index is 12.6. The molecule has 6 nitrogen and oxygen atoms in total. The van der Waals surface area contributed by atoms with Gasteiger partial charge in [-0.2, -0.15) is 13.5 Å². The number of nitrogens with one attached hydrogen (secondary N) is 1. The van der Waals surface area contributed by atoms with Crippen LogP contribution < -0.4 is 14.3 Å². The zero-order valence-corrected chi connectivity index (χ0v) is 17.2. The van der Waals surface area contributed by atoms with Crippen molar-refractivity contribution < 1.29 is 17.9 Å². The Morgan fingerprint density at radius 2 is 1.74 bits per heavy atom. The van der Waals surface area contributed by atoms with Crippen LogP contribution in [0.3, 0.4) is 0 Å². The third kappa shape index (κ3) is 5.23. The van der Waals surface area contributed by atoms with Crippen molar-refractivity contribution in [2.45, 2.75) is 39.0 Å². The Hall–Kier alpha value is -2.54. The van der Waals surface area contributed by atoms with Crippen molar-refractivity contribution in [3.05, 3.63) is 52.6 Å². The van der Waals surface area contributed by atoms with Crippen LogP contribution in [0, 0.1) is 20.8 Å². The Morgan fingerprint density at radius 3 is 2.33 bits per heavy atom. The van der Waals surface area contributed by atoms with E-state index in [1.165, 1.54) is 6.21 Å². The molecule has 0 atom stereocenters. The van der Waals surface area contributed by atoms with Gasteiger partial charge in [-0.15, -0.1) is 0 Å². The fourth-order valence-electron chi connectivity index (χ4n) is 2.90. The van der Waals surface area contributed by atoms with Gasteiger partial charge in [0, 0.05) is 0 Å². The lowest BCUT2D eigenvalue weighted by Crippen LogP contribution is -2.20. The summed E-state index contributed by atoms with van der Waals surface area (Å²) in [6, 6.07) is 8.98. The summed E-state index contributed by atoms with van der Waals surface area (Å²) in [4.78, 5) is 2.54. The number of hydrogen-bond donors (Lipinski definition) is 1. The number of hydrazone groups is 1. The van der Waals surface area contributed by atoms with Gasteiger partial charge >= 0.3 is 0 Å². The lowest BCUT2D eigenvalue weighted by Gasteiger charge is -2.12. The van der Waals surface area contributed by atoms with Crippen LogP contribution in [0.5, 0.6) is 11.5 Å². The van der Waals surface area contributed by atoms with Crippen molar-refractivity contribution in [1.29, 1.82) is 0 Å². The van der Waals surface area contributed by atoms with Crippen molar-refractivity contribution in [3.8, 4) is 11.5 Å². The number of ether oxygens (including phenoxy) is 2. The van der Waals surface area contributed by atoms with E-state index < -0.39 is 10.0 Å². The molecule has 0 aliphatic heterocycles. The van der Waals surface area contributed by atoms with Crippen LogP contribution in [0.4, 0.5) is 0 Å². The number of benzene rings is 2. The lowest BCUT2D eigenvalue weighted by molar-refractivity contribution is 0.294. The number of aryl methyl sites for hydroxylation is 3. The van der Waals surface area contributed by atoms with Gasteiger partial charge in [0.2, 0.25) is 0 Å². The van der Waals surface area contributed by atoms with Crippen LogP contribution in [0.2, 0.25) is 0 Å².